The molecule has 0 radical (unpaired) electrons. The van der Waals surface area contributed by atoms with Crippen molar-refractivity contribution in [2.45, 2.75) is 59.0 Å². The molecule has 3 aliphatic rings. The first-order chi connectivity index (χ1) is 7.24. The number of nitrogens with zero attached hydrogens (tertiary/aromatic N) is 1. The Labute approximate surface area is 100 Å². The highest BCUT2D eigenvalue weighted by Crippen LogP contribution is 2.55. The highest BCUT2D eigenvalue weighted by Gasteiger charge is 2.50. The molecule has 2 nitrogen and oxygen atoms in total. The largest absolute Gasteiger partial charge is 0.390 e. The third-order valence-corrected chi connectivity index (χ3v) is 5.03. The van der Waals surface area contributed by atoms with Crippen molar-refractivity contribution in [1.82, 2.24) is 4.90 Å². The number of aliphatic hydroxyl groups is 1. The number of piperidine rings is 3. The van der Waals surface area contributed by atoms with Crippen LogP contribution in [0.5, 0.6) is 0 Å². The number of hydrogen-bond donors (Lipinski definition) is 1. The summed E-state index contributed by atoms with van der Waals surface area (Å²) in [6, 6.07) is 0. The second-order valence-electron chi connectivity index (χ2n) is 7.25. The van der Waals surface area contributed by atoms with E-state index in [-0.39, 0.29) is 5.41 Å². The monoisotopic (exact) mass is 225 g/mol. The predicted octanol–water partition coefficient (Wildman–Crippen LogP) is 2.66. The quantitative estimate of drug-likeness (QED) is 0.798. The molecule has 0 aliphatic carbocycles. The molecular formula is C14H27NO. The van der Waals surface area contributed by atoms with Crippen molar-refractivity contribution in [3.8, 4) is 0 Å². The fourth-order valence-electron chi connectivity index (χ4n) is 4.11. The van der Waals surface area contributed by atoms with E-state index in [9.17, 15) is 5.11 Å². The van der Waals surface area contributed by atoms with Crippen LogP contribution in [-0.4, -0.2) is 35.2 Å². The van der Waals surface area contributed by atoms with Crippen molar-refractivity contribution in [2.24, 2.45) is 10.8 Å². The summed E-state index contributed by atoms with van der Waals surface area (Å²) in [5.74, 6) is 0. The molecule has 0 saturated carbocycles. The van der Waals surface area contributed by atoms with Crippen LogP contribution in [-0.2, 0) is 0 Å². The van der Waals surface area contributed by atoms with E-state index in [1.807, 2.05) is 13.8 Å². The van der Waals surface area contributed by atoms with E-state index in [0.717, 1.165) is 6.42 Å². The van der Waals surface area contributed by atoms with Crippen molar-refractivity contribution in [3.05, 3.63) is 0 Å². The van der Waals surface area contributed by atoms with Crippen molar-refractivity contribution in [2.75, 3.05) is 19.6 Å². The first-order valence-corrected chi connectivity index (χ1v) is 6.69. The number of fused-ring (bicyclic) bond motifs is 3. The molecule has 1 N–H and O–H groups in total. The molecule has 0 atom stereocenters. The van der Waals surface area contributed by atoms with Gasteiger partial charge in [0.25, 0.3) is 0 Å². The normalized spacial score (nSPS) is 35.4. The molecule has 0 aromatic rings. The molecule has 0 aromatic carbocycles. The first kappa shape index (κ1) is 12.4. The molecular weight excluding hydrogens is 198 g/mol. The second-order valence-corrected chi connectivity index (χ2v) is 7.25. The Morgan fingerprint density at radius 2 is 1.44 bits per heavy atom. The Morgan fingerprint density at radius 3 is 1.81 bits per heavy atom. The maximum atomic E-state index is 10.1. The highest BCUT2D eigenvalue weighted by molar-refractivity contribution is 5.02. The van der Waals surface area contributed by atoms with Crippen LogP contribution in [0.3, 0.4) is 0 Å². The van der Waals surface area contributed by atoms with E-state index in [1.165, 1.54) is 38.9 Å². The van der Waals surface area contributed by atoms with Gasteiger partial charge in [-0.25, -0.2) is 0 Å². The van der Waals surface area contributed by atoms with Gasteiger partial charge in [-0.1, -0.05) is 13.8 Å². The summed E-state index contributed by atoms with van der Waals surface area (Å²) in [7, 11) is 0. The third-order valence-electron chi connectivity index (χ3n) is 5.03. The van der Waals surface area contributed by atoms with Crippen molar-refractivity contribution in [1.29, 1.82) is 0 Å². The summed E-state index contributed by atoms with van der Waals surface area (Å²) >= 11 is 0. The SMILES string of the molecule is CC(C)(O)CC(C)(C)C12CCN(CC1)CC2. The van der Waals surface area contributed by atoms with Gasteiger partial charge in [-0.15, -0.1) is 0 Å². The topological polar surface area (TPSA) is 23.5 Å². The smallest absolute Gasteiger partial charge is 0.0597 e. The minimum Gasteiger partial charge on any atom is -0.390 e. The maximum Gasteiger partial charge on any atom is 0.0597 e. The Bertz CT molecular complexity index is 243. The lowest BCUT2D eigenvalue weighted by atomic mass is 9.54. The second kappa shape index (κ2) is 3.71. The van der Waals surface area contributed by atoms with Gasteiger partial charge in [0.2, 0.25) is 0 Å². The zero-order chi connectivity index (χ0) is 12.0. The Morgan fingerprint density at radius 1 is 1.00 bits per heavy atom. The fourth-order valence-corrected chi connectivity index (χ4v) is 4.11. The zero-order valence-electron chi connectivity index (χ0n) is 11.3. The van der Waals surface area contributed by atoms with Crippen LogP contribution in [0.15, 0.2) is 0 Å². The van der Waals surface area contributed by atoms with Gasteiger partial charge >= 0.3 is 0 Å². The van der Waals surface area contributed by atoms with Crippen LogP contribution in [0.4, 0.5) is 0 Å². The van der Waals surface area contributed by atoms with Crippen LogP contribution < -0.4 is 0 Å². The summed E-state index contributed by atoms with van der Waals surface area (Å²) in [4.78, 5) is 2.59. The number of rotatable bonds is 3. The van der Waals surface area contributed by atoms with Gasteiger partial charge in [0.1, 0.15) is 0 Å². The summed E-state index contributed by atoms with van der Waals surface area (Å²) in [5, 5.41) is 10.1. The van der Waals surface area contributed by atoms with E-state index >= 15 is 0 Å². The molecule has 94 valence electrons. The summed E-state index contributed by atoms with van der Waals surface area (Å²) in [5.41, 5.74) is 0.215. The van der Waals surface area contributed by atoms with Gasteiger partial charge in [-0.2, -0.15) is 0 Å². The molecule has 3 aliphatic heterocycles. The molecule has 0 amide bonds. The summed E-state index contributed by atoms with van der Waals surface area (Å²) in [6.45, 7) is 12.4. The minimum absolute atomic E-state index is 0.262. The van der Waals surface area contributed by atoms with E-state index < -0.39 is 5.60 Å². The van der Waals surface area contributed by atoms with Crippen molar-refractivity contribution in [3.63, 3.8) is 0 Å². The van der Waals surface area contributed by atoms with E-state index in [0.29, 0.717) is 5.41 Å². The van der Waals surface area contributed by atoms with Gasteiger partial charge in [0.05, 0.1) is 5.60 Å². The average molecular weight is 225 g/mol. The number of hydrogen-bond acceptors (Lipinski definition) is 2. The molecule has 2 heteroatoms. The molecule has 0 spiro atoms. The molecule has 0 unspecified atom stereocenters. The van der Waals surface area contributed by atoms with Gasteiger partial charge in [0.15, 0.2) is 0 Å². The molecule has 3 rings (SSSR count). The lowest BCUT2D eigenvalue weighted by molar-refractivity contribution is -0.0950. The molecule has 3 fully saturated rings. The van der Waals surface area contributed by atoms with Crippen molar-refractivity contribution >= 4 is 0 Å². The summed E-state index contributed by atoms with van der Waals surface area (Å²) < 4.78 is 0. The van der Waals surface area contributed by atoms with Crippen molar-refractivity contribution < 1.29 is 5.11 Å². The van der Waals surface area contributed by atoms with Crippen LogP contribution in [0.1, 0.15) is 53.4 Å². The average Bonchev–Trinajstić information content (AvgIpc) is 2.16. The standard InChI is InChI=1S/C14H27NO/c1-12(2,11-13(3,4)16)14-5-8-15(9-6-14)10-7-14/h16H,5-11H2,1-4H3. The molecule has 3 heterocycles. The van der Waals surface area contributed by atoms with Gasteiger partial charge in [0, 0.05) is 0 Å². The van der Waals surface area contributed by atoms with Gasteiger partial charge in [-0.3, -0.25) is 0 Å². The Balaban J connectivity index is 2.15. The third kappa shape index (κ3) is 2.14. The zero-order valence-corrected chi connectivity index (χ0v) is 11.3. The lowest BCUT2D eigenvalue weighted by Crippen LogP contribution is -2.55. The lowest BCUT2D eigenvalue weighted by Gasteiger charge is -2.57. The van der Waals surface area contributed by atoms with Crippen LogP contribution in [0.2, 0.25) is 0 Å². The maximum absolute atomic E-state index is 10.1. The Hall–Kier alpha value is -0.0800. The van der Waals surface area contributed by atoms with Gasteiger partial charge in [-0.05, 0) is 70.0 Å². The molecule has 16 heavy (non-hydrogen) atoms. The molecule has 2 bridgehead atoms. The van der Waals surface area contributed by atoms with E-state index in [4.69, 9.17) is 0 Å². The van der Waals surface area contributed by atoms with Crippen LogP contribution in [0.25, 0.3) is 0 Å². The van der Waals surface area contributed by atoms with E-state index in [1.54, 1.807) is 0 Å². The predicted molar refractivity (Wildman–Crippen MR) is 67.4 cm³/mol. The van der Waals surface area contributed by atoms with Crippen LogP contribution in [0, 0.1) is 10.8 Å². The Kier molecular flexibility index (Phi) is 2.87. The van der Waals surface area contributed by atoms with E-state index in [2.05, 4.69) is 18.7 Å². The summed E-state index contributed by atoms with van der Waals surface area (Å²) in [6.07, 6.45) is 4.90. The van der Waals surface area contributed by atoms with Crippen LogP contribution >= 0.6 is 0 Å². The first-order valence-electron chi connectivity index (χ1n) is 6.69. The molecule has 3 saturated heterocycles. The fraction of sp³-hybridized carbons (Fsp3) is 1.00. The molecule has 0 aromatic heterocycles. The van der Waals surface area contributed by atoms with Gasteiger partial charge < -0.3 is 10.0 Å². The highest BCUT2D eigenvalue weighted by atomic mass is 16.3. The minimum atomic E-state index is -0.535.